The maximum Gasteiger partial charge on any atom is 0.222 e. The molecule has 1 aromatic heterocycles. The summed E-state index contributed by atoms with van der Waals surface area (Å²) in [6.07, 6.45) is 9.83. The first-order chi connectivity index (χ1) is 16.0. The van der Waals surface area contributed by atoms with Crippen LogP contribution in [0.2, 0.25) is 0 Å². The molecule has 0 saturated carbocycles. The minimum atomic E-state index is 0.322. The van der Waals surface area contributed by atoms with Gasteiger partial charge in [-0.3, -0.25) is 4.79 Å². The molecule has 1 aromatic carbocycles. The second-order valence-corrected chi connectivity index (χ2v) is 9.56. The monoisotopic (exact) mass is 450 g/mol. The van der Waals surface area contributed by atoms with Crippen LogP contribution in [0.3, 0.4) is 0 Å². The standard InChI is InChI=1S/C28H42N4O/c1-5-6-7-8-9-10-12-27(33)31-17-11-18-32(20-19-31)28-26(23(3)29-24(4)30-28)21-25-15-13-22(2)14-16-25/h13-16H,5-12,17-21H2,1-4H3. The van der Waals surface area contributed by atoms with E-state index in [0.29, 0.717) is 12.3 Å². The third-order valence-corrected chi connectivity index (χ3v) is 6.70. The Hall–Kier alpha value is -2.43. The Kier molecular flexibility index (Phi) is 9.71. The number of carbonyl (C=O) groups is 1. The second kappa shape index (κ2) is 12.7. The van der Waals surface area contributed by atoms with Gasteiger partial charge in [0.2, 0.25) is 5.91 Å². The van der Waals surface area contributed by atoms with Crippen molar-refractivity contribution in [3.63, 3.8) is 0 Å². The highest BCUT2D eigenvalue weighted by molar-refractivity contribution is 5.76. The Morgan fingerprint density at radius 3 is 2.36 bits per heavy atom. The van der Waals surface area contributed by atoms with Gasteiger partial charge in [0.15, 0.2) is 0 Å². The van der Waals surface area contributed by atoms with Gasteiger partial charge in [0.1, 0.15) is 11.6 Å². The van der Waals surface area contributed by atoms with Gasteiger partial charge in [-0.15, -0.1) is 0 Å². The van der Waals surface area contributed by atoms with Crippen LogP contribution in [-0.4, -0.2) is 47.0 Å². The molecule has 1 fully saturated rings. The number of anilines is 1. The number of amides is 1. The fourth-order valence-corrected chi connectivity index (χ4v) is 4.69. The summed E-state index contributed by atoms with van der Waals surface area (Å²) in [6, 6.07) is 8.73. The molecule has 0 spiro atoms. The lowest BCUT2D eigenvalue weighted by Crippen LogP contribution is -2.35. The number of hydrogen-bond acceptors (Lipinski definition) is 4. The number of hydrogen-bond donors (Lipinski definition) is 0. The smallest absolute Gasteiger partial charge is 0.222 e. The summed E-state index contributed by atoms with van der Waals surface area (Å²) >= 11 is 0. The molecule has 33 heavy (non-hydrogen) atoms. The van der Waals surface area contributed by atoms with Gasteiger partial charge in [-0.2, -0.15) is 0 Å². The first-order valence-corrected chi connectivity index (χ1v) is 12.9. The number of nitrogens with zero attached hydrogens (tertiary/aromatic N) is 4. The molecule has 1 amide bonds. The van der Waals surface area contributed by atoms with Gasteiger partial charge < -0.3 is 9.80 Å². The molecule has 0 atom stereocenters. The van der Waals surface area contributed by atoms with Crippen molar-refractivity contribution >= 4 is 11.7 Å². The summed E-state index contributed by atoms with van der Waals surface area (Å²) in [5.74, 6) is 2.18. The minimum absolute atomic E-state index is 0.322. The summed E-state index contributed by atoms with van der Waals surface area (Å²) in [4.78, 5) is 26.8. The van der Waals surface area contributed by atoms with Crippen LogP contribution in [0.5, 0.6) is 0 Å². The Labute approximate surface area is 200 Å². The zero-order valence-corrected chi connectivity index (χ0v) is 21.2. The molecule has 0 bridgehead atoms. The minimum Gasteiger partial charge on any atom is -0.354 e. The molecule has 1 saturated heterocycles. The van der Waals surface area contributed by atoms with Crippen LogP contribution in [0.25, 0.3) is 0 Å². The number of rotatable bonds is 10. The lowest BCUT2D eigenvalue weighted by atomic mass is 10.0. The molecule has 2 heterocycles. The summed E-state index contributed by atoms with van der Waals surface area (Å²) < 4.78 is 0. The normalized spacial score (nSPS) is 14.4. The molecule has 0 radical (unpaired) electrons. The van der Waals surface area contributed by atoms with Crippen LogP contribution >= 0.6 is 0 Å². The van der Waals surface area contributed by atoms with E-state index < -0.39 is 0 Å². The Balaban J connectivity index is 1.63. The predicted molar refractivity (Wildman–Crippen MR) is 137 cm³/mol. The summed E-state index contributed by atoms with van der Waals surface area (Å²) in [5, 5.41) is 0. The fourth-order valence-electron chi connectivity index (χ4n) is 4.69. The number of aromatic nitrogens is 2. The summed E-state index contributed by atoms with van der Waals surface area (Å²) in [7, 11) is 0. The summed E-state index contributed by atoms with van der Waals surface area (Å²) in [6.45, 7) is 11.8. The zero-order chi connectivity index (χ0) is 23.6. The van der Waals surface area contributed by atoms with E-state index in [0.717, 1.165) is 62.8 Å². The number of carbonyl (C=O) groups excluding carboxylic acids is 1. The molecule has 1 aliphatic rings. The topological polar surface area (TPSA) is 49.3 Å². The van der Waals surface area contributed by atoms with Gasteiger partial charge in [0.25, 0.3) is 0 Å². The third-order valence-electron chi connectivity index (χ3n) is 6.70. The van der Waals surface area contributed by atoms with E-state index in [9.17, 15) is 4.79 Å². The van der Waals surface area contributed by atoms with E-state index in [1.165, 1.54) is 48.8 Å². The first-order valence-electron chi connectivity index (χ1n) is 12.9. The average molecular weight is 451 g/mol. The van der Waals surface area contributed by atoms with Crippen molar-refractivity contribution in [1.29, 1.82) is 0 Å². The SMILES string of the molecule is CCCCCCCCC(=O)N1CCCN(c2nc(C)nc(C)c2Cc2ccc(C)cc2)CC1. The molecule has 180 valence electrons. The number of benzene rings is 1. The van der Waals surface area contributed by atoms with Crippen LogP contribution in [0.1, 0.15) is 86.5 Å². The van der Waals surface area contributed by atoms with Crippen molar-refractivity contribution < 1.29 is 4.79 Å². The van der Waals surface area contributed by atoms with Crippen molar-refractivity contribution in [2.75, 3.05) is 31.1 Å². The van der Waals surface area contributed by atoms with Crippen LogP contribution in [0.4, 0.5) is 5.82 Å². The second-order valence-electron chi connectivity index (χ2n) is 9.56. The molecular weight excluding hydrogens is 408 g/mol. The van der Waals surface area contributed by atoms with E-state index in [1.807, 2.05) is 6.92 Å². The quantitative estimate of drug-likeness (QED) is 0.430. The molecule has 5 heteroatoms. The molecule has 0 aliphatic carbocycles. The van der Waals surface area contributed by atoms with E-state index in [4.69, 9.17) is 4.98 Å². The van der Waals surface area contributed by atoms with E-state index in [2.05, 4.69) is 59.8 Å². The predicted octanol–water partition coefficient (Wildman–Crippen LogP) is 5.78. The van der Waals surface area contributed by atoms with Gasteiger partial charge in [0.05, 0.1) is 0 Å². The molecule has 3 rings (SSSR count). The molecule has 1 aliphatic heterocycles. The van der Waals surface area contributed by atoms with Crippen molar-refractivity contribution in [3.05, 3.63) is 52.5 Å². The van der Waals surface area contributed by atoms with Crippen molar-refractivity contribution in [3.8, 4) is 0 Å². The van der Waals surface area contributed by atoms with Crippen LogP contribution in [0, 0.1) is 20.8 Å². The van der Waals surface area contributed by atoms with Crippen LogP contribution in [-0.2, 0) is 11.2 Å². The molecule has 0 N–H and O–H groups in total. The third kappa shape index (κ3) is 7.55. The lowest BCUT2D eigenvalue weighted by molar-refractivity contribution is -0.131. The first kappa shape index (κ1) is 25.2. The van der Waals surface area contributed by atoms with E-state index >= 15 is 0 Å². The highest BCUT2D eigenvalue weighted by Gasteiger charge is 2.23. The number of aryl methyl sites for hydroxylation is 3. The van der Waals surface area contributed by atoms with Gasteiger partial charge in [0, 0.05) is 50.3 Å². The van der Waals surface area contributed by atoms with Crippen LogP contribution in [0.15, 0.2) is 24.3 Å². The van der Waals surface area contributed by atoms with Crippen molar-refractivity contribution in [1.82, 2.24) is 14.9 Å². The summed E-state index contributed by atoms with van der Waals surface area (Å²) in [5.41, 5.74) is 4.81. The Bertz CT molecular complexity index is 894. The lowest BCUT2D eigenvalue weighted by Gasteiger charge is -2.26. The fraction of sp³-hybridized carbons (Fsp3) is 0.607. The number of unbranched alkanes of at least 4 members (excludes halogenated alkanes) is 5. The highest BCUT2D eigenvalue weighted by Crippen LogP contribution is 2.25. The molecular formula is C28H42N4O. The van der Waals surface area contributed by atoms with Gasteiger partial charge >= 0.3 is 0 Å². The zero-order valence-electron chi connectivity index (χ0n) is 21.2. The van der Waals surface area contributed by atoms with Gasteiger partial charge in [-0.05, 0) is 39.2 Å². The van der Waals surface area contributed by atoms with E-state index in [-0.39, 0.29) is 0 Å². The van der Waals surface area contributed by atoms with Crippen molar-refractivity contribution in [2.45, 2.75) is 85.5 Å². The van der Waals surface area contributed by atoms with E-state index in [1.54, 1.807) is 0 Å². The maximum absolute atomic E-state index is 12.8. The maximum atomic E-state index is 12.8. The van der Waals surface area contributed by atoms with Crippen molar-refractivity contribution in [2.24, 2.45) is 0 Å². The Morgan fingerprint density at radius 1 is 0.879 bits per heavy atom. The van der Waals surface area contributed by atoms with Gasteiger partial charge in [-0.1, -0.05) is 68.9 Å². The largest absolute Gasteiger partial charge is 0.354 e. The molecule has 5 nitrogen and oxygen atoms in total. The Morgan fingerprint density at radius 2 is 1.61 bits per heavy atom. The van der Waals surface area contributed by atoms with Gasteiger partial charge in [-0.25, -0.2) is 9.97 Å². The van der Waals surface area contributed by atoms with Crippen LogP contribution < -0.4 is 4.90 Å². The average Bonchev–Trinajstić information content (AvgIpc) is 3.05. The highest BCUT2D eigenvalue weighted by atomic mass is 16.2. The molecule has 0 unspecified atom stereocenters. The molecule has 2 aromatic rings.